The van der Waals surface area contributed by atoms with Gasteiger partial charge in [0.05, 0.1) is 0 Å². The van der Waals surface area contributed by atoms with Crippen LogP contribution in [0.25, 0.3) is 0 Å². The van der Waals surface area contributed by atoms with Gasteiger partial charge in [-0.1, -0.05) is 6.07 Å². The Hall–Kier alpha value is -0.830. The highest BCUT2D eigenvalue weighted by Gasteiger charge is 2.32. The molecule has 0 amide bonds. The van der Waals surface area contributed by atoms with E-state index in [1.165, 1.54) is 6.07 Å². The van der Waals surface area contributed by atoms with Gasteiger partial charge in [0.25, 0.3) is 0 Å². The Bertz CT molecular complexity index is 354. The number of benzene rings is 1. The minimum Gasteiger partial charge on any atom is -0.448 e. The second-order valence-corrected chi connectivity index (χ2v) is 3.82. The molecule has 0 atom stereocenters. The highest BCUT2D eigenvalue weighted by molar-refractivity contribution is 7.60. The zero-order chi connectivity index (χ0) is 8.06. The maximum absolute atomic E-state index is 10.7. The maximum atomic E-state index is 10.7. The summed E-state index contributed by atoms with van der Waals surface area (Å²) in [5.74, 6) is 0.895. The average molecular weight is 172 g/mol. The number of para-hydroxylation sites is 1. The number of hydrogen-bond donors (Lipinski definition) is 2. The van der Waals surface area contributed by atoms with Crippen LogP contribution in [0.3, 0.4) is 0 Å². The molecule has 2 N–H and O–H groups in total. The van der Waals surface area contributed by atoms with Gasteiger partial charge in [0.15, 0.2) is 11.5 Å². The minimum atomic E-state index is -4.13. The lowest BCUT2D eigenvalue weighted by Crippen LogP contribution is -1.99. The summed E-state index contributed by atoms with van der Waals surface area (Å²) in [6, 6.07) is 4.58. The number of fused-ring (bicyclic) bond motifs is 1. The molecule has 1 aliphatic heterocycles. The number of hydrogen-bond acceptors (Lipinski definition) is 2. The lowest BCUT2D eigenvalue weighted by molar-refractivity contribution is 0.387. The summed E-state index contributed by atoms with van der Waals surface area (Å²) in [7, 11) is -4.13. The molecular formula is C6H5O4P. The Labute approximate surface area is 62.6 Å². The molecule has 11 heavy (non-hydrogen) atoms. The average Bonchev–Trinajstić information content (AvgIpc) is 2.60. The van der Waals surface area contributed by atoms with Crippen LogP contribution in [0.15, 0.2) is 18.2 Å². The third kappa shape index (κ3) is 1.05. The molecular weight excluding hydrogens is 167 g/mol. The fraction of sp³-hybridized carbons (Fsp3) is 0. The van der Waals surface area contributed by atoms with Crippen molar-refractivity contribution in [2.75, 3.05) is 0 Å². The van der Waals surface area contributed by atoms with E-state index in [2.05, 4.69) is 0 Å². The number of rotatable bonds is 1. The van der Waals surface area contributed by atoms with Crippen LogP contribution < -0.4 is 10.0 Å². The van der Waals surface area contributed by atoms with Gasteiger partial charge in [-0.2, -0.15) is 0 Å². The van der Waals surface area contributed by atoms with Gasteiger partial charge in [0, 0.05) is 0 Å². The van der Waals surface area contributed by atoms with Crippen molar-refractivity contribution in [1.29, 1.82) is 0 Å². The second-order valence-electron chi connectivity index (χ2n) is 2.25. The molecule has 0 bridgehead atoms. The van der Waals surface area contributed by atoms with E-state index in [1.54, 1.807) is 12.1 Å². The SMILES string of the molecule is O=P(O)(O)c1cccc2c1O2. The van der Waals surface area contributed by atoms with Crippen molar-refractivity contribution in [3.05, 3.63) is 18.2 Å². The van der Waals surface area contributed by atoms with E-state index in [0.29, 0.717) is 11.5 Å². The van der Waals surface area contributed by atoms with Crippen molar-refractivity contribution in [3.8, 4) is 11.5 Å². The first-order valence-electron chi connectivity index (χ1n) is 2.96. The van der Waals surface area contributed by atoms with Crippen LogP contribution in [0.2, 0.25) is 0 Å². The van der Waals surface area contributed by atoms with Crippen molar-refractivity contribution >= 4 is 12.9 Å². The van der Waals surface area contributed by atoms with Gasteiger partial charge in [-0.25, -0.2) is 0 Å². The molecule has 0 unspecified atom stereocenters. The maximum Gasteiger partial charge on any atom is 0.360 e. The molecule has 1 aromatic rings. The molecule has 1 heterocycles. The summed E-state index contributed by atoms with van der Waals surface area (Å²) >= 11 is 0. The van der Waals surface area contributed by atoms with Crippen LogP contribution in [0.1, 0.15) is 0 Å². The van der Waals surface area contributed by atoms with Gasteiger partial charge in [-0.05, 0) is 12.1 Å². The topological polar surface area (TPSA) is 70.1 Å². The van der Waals surface area contributed by atoms with Crippen molar-refractivity contribution in [2.24, 2.45) is 0 Å². The first kappa shape index (κ1) is 6.85. The van der Waals surface area contributed by atoms with Crippen molar-refractivity contribution in [3.63, 3.8) is 0 Å². The Morgan fingerprint density at radius 2 is 2.09 bits per heavy atom. The van der Waals surface area contributed by atoms with E-state index in [-0.39, 0.29) is 5.30 Å². The molecule has 0 radical (unpaired) electrons. The summed E-state index contributed by atoms with van der Waals surface area (Å²) in [6.07, 6.45) is 0. The van der Waals surface area contributed by atoms with Gasteiger partial charge < -0.3 is 14.5 Å². The van der Waals surface area contributed by atoms with Crippen LogP contribution in [0.5, 0.6) is 11.5 Å². The predicted octanol–water partition coefficient (Wildman–Crippen LogP) is 0.595. The molecule has 5 heteroatoms. The quantitative estimate of drug-likeness (QED) is 0.488. The Balaban J connectivity index is 2.59. The molecule has 1 aliphatic rings. The van der Waals surface area contributed by atoms with Crippen LogP contribution >= 0.6 is 7.60 Å². The van der Waals surface area contributed by atoms with E-state index in [0.717, 1.165) is 0 Å². The highest BCUT2D eigenvalue weighted by Crippen LogP contribution is 2.50. The minimum absolute atomic E-state index is 0.0185. The first-order valence-corrected chi connectivity index (χ1v) is 4.57. The third-order valence-electron chi connectivity index (χ3n) is 1.44. The zero-order valence-corrected chi connectivity index (χ0v) is 6.28. The summed E-state index contributed by atoms with van der Waals surface area (Å²) in [5, 5.41) is -0.0185. The van der Waals surface area contributed by atoms with Crippen molar-refractivity contribution < 1.29 is 19.1 Å². The molecule has 0 aromatic heterocycles. The summed E-state index contributed by atoms with van der Waals surface area (Å²) < 4.78 is 15.5. The third-order valence-corrected chi connectivity index (χ3v) is 2.42. The highest BCUT2D eigenvalue weighted by atomic mass is 31.2. The molecule has 0 aliphatic carbocycles. The van der Waals surface area contributed by atoms with Crippen LogP contribution in [0, 0.1) is 0 Å². The fourth-order valence-electron chi connectivity index (χ4n) is 0.904. The molecule has 0 spiro atoms. The van der Waals surface area contributed by atoms with Gasteiger partial charge in [0.2, 0.25) is 0 Å². The second kappa shape index (κ2) is 1.85. The Morgan fingerprint density at radius 1 is 1.36 bits per heavy atom. The van der Waals surface area contributed by atoms with Crippen LogP contribution in [-0.4, -0.2) is 9.79 Å². The zero-order valence-electron chi connectivity index (χ0n) is 5.39. The van der Waals surface area contributed by atoms with Gasteiger partial charge in [-0.3, -0.25) is 4.57 Å². The standard InChI is InChI=1S/C6H5O4P/c7-11(8,9)5-3-1-2-4-6(5)10-4/h1-3H,(H2,7,8,9). The van der Waals surface area contributed by atoms with Crippen molar-refractivity contribution in [2.45, 2.75) is 0 Å². The largest absolute Gasteiger partial charge is 0.448 e. The summed E-state index contributed by atoms with van der Waals surface area (Å²) in [5.41, 5.74) is 0. The monoisotopic (exact) mass is 172 g/mol. The Morgan fingerprint density at radius 3 is 2.64 bits per heavy atom. The van der Waals surface area contributed by atoms with E-state index < -0.39 is 7.60 Å². The molecule has 0 saturated heterocycles. The molecule has 0 saturated carbocycles. The smallest absolute Gasteiger partial charge is 0.360 e. The van der Waals surface area contributed by atoms with E-state index >= 15 is 0 Å². The fourth-order valence-corrected chi connectivity index (χ4v) is 1.61. The summed E-state index contributed by atoms with van der Waals surface area (Å²) in [4.78, 5) is 17.5. The van der Waals surface area contributed by atoms with Crippen molar-refractivity contribution in [1.82, 2.24) is 0 Å². The lowest BCUT2D eigenvalue weighted by Gasteiger charge is -1.98. The molecule has 4 nitrogen and oxygen atoms in total. The summed E-state index contributed by atoms with van der Waals surface area (Å²) in [6.45, 7) is 0. The normalized spacial score (nSPS) is 13.6. The molecule has 58 valence electrons. The van der Waals surface area contributed by atoms with E-state index in [9.17, 15) is 4.57 Å². The van der Waals surface area contributed by atoms with Gasteiger partial charge >= 0.3 is 7.60 Å². The van der Waals surface area contributed by atoms with E-state index in [4.69, 9.17) is 14.5 Å². The van der Waals surface area contributed by atoms with Gasteiger partial charge in [0.1, 0.15) is 5.30 Å². The van der Waals surface area contributed by atoms with Crippen LogP contribution in [-0.2, 0) is 4.57 Å². The molecule has 2 rings (SSSR count). The first-order chi connectivity index (χ1) is 5.09. The van der Waals surface area contributed by atoms with Gasteiger partial charge in [-0.15, -0.1) is 0 Å². The lowest BCUT2D eigenvalue weighted by atomic mass is 10.4. The molecule has 0 fully saturated rings. The Kier molecular flexibility index (Phi) is 1.16. The van der Waals surface area contributed by atoms with Crippen LogP contribution in [0.4, 0.5) is 0 Å². The number of ether oxygens (including phenoxy) is 1. The molecule has 1 aromatic carbocycles. The van der Waals surface area contributed by atoms with E-state index in [1.807, 2.05) is 0 Å². The predicted molar refractivity (Wildman–Crippen MR) is 38.2 cm³/mol.